The molecule has 0 aliphatic heterocycles. The Morgan fingerprint density at radius 2 is 2.00 bits per heavy atom. The molecule has 3 aromatic rings. The van der Waals surface area contributed by atoms with E-state index >= 15 is 0 Å². The van der Waals surface area contributed by atoms with Gasteiger partial charge in [0, 0.05) is 0 Å². The zero-order chi connectivity index (χ0) is 18.6. The number of benzene rings is 1. The molecule has 3 rings (SSSR count). The van der Waals surface area contributed by atoms with Crippen LogP contribution in [-0.4, -0.2) is 37.3 Å². The number of rotatable bonds is 7. The Bertz CT molecular complexity index is 969. The maximum Gasteiger partial charge on any atom is 0.246 e. The second-order valence-corrected chi connectivity index (χ2v) is 8.23. The Hall–Kier alpha value is -2.72. The first-order chi connectivity index (χ1) is 12.4. The first-order valence-electron chi connectivity index (χ1n) is 7.59. The van der Waals surface area contributed by atoms with Gasteiger partial charge in [0.05, 0.1) is 23.4 Å². The maximum atomic E-state index is 12.2. The number of aromatic nitrogens is 2. The highest BCUT2D eigenvalue weighted by Gasteiger charge is 2.21. The molecule has 8 nitrogen and oxygen atoms in total. The lowest BCUT2D eigenvalue weighted by Crippen LogP contribution is -2.40. The lowest BCUT2D eigenvalue weighted by atomic mass is 10.3. The fourth-order valence-electron chi connectivity index (χ4n) is 2.19. The minimum Gasteiger partial charge on any atom is -0.345 e. The largest absolute Gasteiger partial charge is 0.345 e. The van der Waals surface area contributed by atoms with Crippen LogP contribution < -0.4 is 9.62 Å². The molecule has 1 amide bonds. The first kappa shape index (κ1) is 18.1. The van der Waals surface area contributed by atoms with E-state index in [9.17, 15) is 13.2 Å². The van der Waals surface area contributed by atoms with E-state index in [1.807, 2.05) is 17.5 Å². The van der Waals surface area contributed by atoms with E-state index in [0.717, 1.165) is 15.4 Å². The summed E-state index contributed by atoms with van der Waals surface area (Å²) in [7, 11) is -3.60. The molecule has 0 aliphatic carbocycles. The number of nitrogens with zero attached hydrogens (tertiary/aromatic N) is 3. The number of thiophene rings is 1. The second kappa shape index (κ2) is 7.67. The van der Waals surface area contributed by atoms with Gasteiger partial charge >= 0.3 is 0 Å². The Morgan fingerprint density at radius 1 is 1.23 bits per heavy atom. The Kier molecular flexibility index (Phi) is 5.33. The zero-order valence-electron chi connectivity index (χ0n) is 13.8. The van der Waals surface area contributed by atoms with Gasteiger partial charge in [-0.1, -0.05) is 29.4 Å². The quantitative estimate of drug-likeness (QED) is 0.658. The van der Waals surface area contributed by atoms with Gasteiger partial charge in [0.25, 0.3) is 0 Å². The Morgan fingerprint density at radius 3 is 2.65 bits per heavy atom. The molecule has 0 atom stereocenters. The van der Waals surface area contributed by atoms with E-state index in [-0.39, 0.29) is 19.0 Å². The van der Waals surface area contributed by atoms with Crippen molar-refractivity contribution in [3.8, 4) is 10.7 Å². The number of sulfonamides is 1. The van der Waals surface area contributed by atoms with Gasteiger partial charge in [0.1, 0.15) is 6.54 Å². The highest BCUT2D eigenvalue weighted by Crippen LogP contribution is 2.21. The van der Waals surface area contributed by atoms with E-state index in [4.69, 9.17) is 4.52 Å². The van der Waals surface area contributed by atoms with Crippen molar-refractivity contribution in [1.82, 2.24) is 15.5 Å². The van der Waals surface area contributed by atoms with Crippen molar-refractivity contribution in [3.63, 3.8) is 0 Å². The van der Waals surface area contributed by atoms with Crippen molar-refractivity contribution in [1.29, 1.82) is 0 Å². The summed E-state index contributed by atoms with van der Waals surface area (Å²) in [6.07, 6.45) is 1.05. The molecule has 0 saturated carbocycles. The molecule has 136 valence electrons. The molecular weight excluding hydrogens is 376 g/mol. The number of carbonyl (C=O) groups excluding carboxylic acids is 1. The zero-order valence-corrected chi connectivity index (χ0v) is 15.5. The summed E-state index contributed by atoms with van der Waals surface area (Å²) in [5, 5.41) is 8.34. The molecule has 0 bridgehead atoms. The molecule has 0 radical (unpaired) electrons. The van der Waals surface area contributed by atoms with Crippen LogP contribution in [0, 0.1) is 0 Å². The van der Waals surface area contributed by atoms with Crippen molar-refractivity contribution in [3.05, 3.63) is 53.7 Å². The smallest absolute Gasteiger partial charge is 0.246 e. The van der Waals surface area contributed by atoms with Crippen LogP contribution in [0.4, 0.5) is 5.69 Å². The van der Waals surface area contributed by atoms with E-state index in [2.05, 4.69) is 15.5 Å². The van der Waals surface area contributed by atoms with Crippen LogP contribution in [-0.2, 0) is 21.4 Å². The molecule has 2 aromatic heterocycles. The summed E-state index contributed by atoms with van der Waals surface area (Å²) >= 11 is 1.48. The van der Waals surface area contributed by atoms with Gasteiger partial charge in [0.2, 0.25) is 27.6 Å². The predicted octanol–water partition coefficient (Wildman–Crippen LogP) is 1.88. The molecule has 2 heterocycles. The van der Waals surface area contributed by atoms with E-state index in [0.29, 0.717) is 11.5 Å². The van der Waals surface area contributed by atoms with Crippen LogP contribution >= 0.6 is 11.3 Å². The summed E-state index contributed by atoms with van der Waals surface area (Å²) in [5.74, 6) is 0.216. The summed E-state index contributed by atoms with van der Waals surface area (Å²) in [6.45, 7) is -0.321. The van der Waals surface area contributed by atoms with Crippen molar-refractivity contribution < 1.29 is 17.7 Å². The van der Waals surface area contributed by atoms with Crippen LogP contribution in [0.25, 0.3) is 10.7 Å². The van der Waals surface area contributed by atoms with Gasteiger partial charge in [0.15, 0.2) is 0 Å². The molecule has 0 saturated heterocycles. The van der Waals surface area contributed by atoms with Crippen LogP contribution in [0.5, 0.6) is 0 Å². The monoisotopic (exact) mass is 392 g/mol. The molecule has 0 unspecified atom stereocenters. The number of para-hydroxylation sites is 1. The van der Waals surface area contributed by atoms with E-state index in [1.54, 1.807) is 30.3 Å². The average molecular weight is 392 g/mol. The van der Waals surface area contributed by atoms with Crippen LogP contribution in [0.2, 0.25) is 0 Å². The lowest BCUT2D eigenvalue weighted by Gasteiger charge is -2.21. The van der Waals surface area contributed by atoms with Crippen molar-refractivity contribution in [2.75, 3.05) is 17.1 Å². The highest BCUT2D eigenvalue weighted by molar-refractivity contribution is 7.92. The van der Waals surface area contributed by atoms with Crippen molar-refractivity contribution in [2.45, 2.75) is 6.54 Å². The van der Waals surface area contributed by atoms with Gasteiger partial charge < -0.3 is 9.84 Å². The standard InChI is InChI=1S/C16H16N4O4S2/c1-26(22,23)20(12-6-3-2-4-7-12)11-14(21)17-10-15-18-16(19-24-15)13-8-5-9-25-13/h2-9H,10-11H2,1H3,(H,17,21). The van der Waals surface area contributed by atoms with Gasteiger partial charge in [-0.2, -0.15) is 4.98 Å². The summed E-state index contributed by atoms with van der Waals surface area (Å²) in [4.78, 5) is 17.2. The molecule has 0 fully saturated rings. The first-order valence-corrected chi connectivity index (χ1v) is 10.3. The average Bonchev–Trinajstić information content (AvgIpc) is 3.28. The lowest BCUT2D eigenvalue weighted by molar-refractivity contribution is -0.119. The normalized spacial score (nSPS) is 11.3. The third kappa shape index (κ3) is 4.46. The Labute approximate surface area is 154 Å². The van der Waals surface area contributed by atoms with Crippen molar-refractivity contribution >= 4 is 33.0 Å². The Balaban J connectivity index is 1.62. The summed E-state index contributed by atoms with van der Waals surface area (Å²) < 4.78 is 30.1. The number of anilines is 1. The summed E-state index contributed by atoms with van der Waals surface area (Å²) in [5.41, 5.74) is 0.419. The molecule has 10 heteroatoms. The summed E-state index contributed by atoms with van der Waals surface area (Å²) in [6, 6.07) is 12.2. The van der Waals surface area contributed by atoms with Crippen LogP contribution in [0.1, 0.15) is 5.89 Å². The number of nitrogens with one attached hydrogen (secondary N) is 1. The van der Waals surface area contributed by atoms with E-state index < -0.39 is 15.9 Å². The second-order valence-electron chi connectivity index (χ2n) is 5.37. The molecule has 1 N–H and O–H groups in total. The number of hydrogen-bond acceptors (Lipinski definition) is 7. The van der Waals surface area contributed by atoms with E-state index in [1.165, 1.54) is 11.3 Å². The minimum atomic E-state index is -3.60. The van der Waals surface area contributed by atoms with Crippen LogP contribution in [0.3, 0.4) is 0 Å². The van der Waals surface area contributed by atoms with Gasteiger partial charge in [-0.15, -0.1) is 11.3 Å². The van der Waals surface area contributed by atoms with Gasteiger partial charge in [-0.25, -0.2) is 8.42 Å². The van der Waals surface area contributed by atoms with Crippen molar-refractivity contribution in [2.24, 2.45) is 0 Å². The molecule has 0 aliphatic rings. The maximum absolute atomic E-state index is 12.2. The molecule has 26 heavy (non-hydrogen) atoms. The third-order valence-corrected chi connectivity index (χ3v) is 5.38. The predicted molar refractivity (Wildman–Crippen MR) is 98.1 cm³/mol. The minimum absolute atomic E-state index is 0.0175. The fourth-order valence-corrected chi connectivity index (χ4v) is 3.69. The topological polar surface area (TPSA) is 105 Å². The van der Waals surface area contributed by atoms with Gasteiger partial charge in [-0.05, 0) is 23.6 Å². The fraction of sp³-hybridized carbons (Fsp3) is 0.188. The number of hydrogen-bond donors (Lipinski definition) is 1. The molecular formula is C16H16N4O4S2. The van der Waals surface area contributed by atoms with Crippen LogP contribution in [0.15, 0.2) is 52.4 Å². The van der Waals surface area contributed by atoms with Gasteiger partial charge in [-0.3, -0.25) is 9.10 Å². The molecule has 0 spiro atoms. The highest BCUT2D eigenvalue weighted by atomic mass is 32.2. The number of carbonyl (C=O) groups is 1. The SMILES string of the molecule is CS(=O)(=O)N(CC(=O)NCc1nc(-c2cccs2)no1)c1ccccc1. The number of amides is 1. The molecule has 1 aromatic carbocycles. The third-order valence-electron chi connectivity index (χ3n) is 3.38.